The van der Waals surface area contributed by atoms with Crippen LogP contribution >= 0.6 is 0 Å². The van der Waals surface area contributed by atoms with E-state index in [4.69, 9.17) is 0 Å². The number of hydrogen-bond acceptors (Lipinski definition) is 3. The molecule has 0 aliphatic carbocycles. The van der Waals surface area contributed by atoms with Gasteiger partial charge in [-0.25, -0.2) is 0 Å². The second-order valence-electron chi connectivity index (χ2n) is 8.09. The van der Waals surface area contributed by atoms with Gasteiger partial charge in [0.25, 0.3) is 0 Å². The van der Waals surface area contributed by atoms with E-state index in [2.05, 4.69) is 57.0 Å². The van der Waals surface area contributed by atoms with Crippen LogP contribution in [0.2, 0.25) is 0 Å². The molecule has 1 aromatic rings. The average molecular weight is 388 g/mol. The highest BCUT2D eigenvalue weighted by Gasteiger charge is 2.27. The van der Waals surface area contributed by atoms with Crippen molar-refractivity contribution in [3.8, 4) is 0 Å². The Morgan fingerprint density at radius 1 is 1.18 bits per heavy atom. The zero-order valence-electron chi connectivity index (χ0n) is 18.1. The predicted octanol–water partition coefficient (Wildman–Crippen LogP) is 3.07. The van der Waals surface area contributed by atoms with Gasteiger partial charge in [-0.2, -0.15) is 0 Å². The molecule has 1 unspecified atom stereocenters. The van der Waals surface area contributed by atoms with E-state index in [0.717, 1.165) is 25.6 Å². The van der Waals surface area contributed by atoms with Crippen molar-refractivity contribution < 1.29 is 4.79 Å². The lowest BCUT2D eigenvalue weighted by atomic mass is 9.92. The molecule has 0 aromatic heterocycles. The molecule has 1 amide bonds. The maximum absolute atomic E-state index is 12.2. The molecule has 2 rings (SSSR count). The molecule has 156 valence electrons. The molecule has 1 fully saturated rings. The summed E-state index contributed by atoms with van der Waals surface area (Å²) in [5.74, 6) is 0.764. The molecule has 1 aromatic carbocycles. The Morgan fingerprint density at radius 3 is 2.50 bits per heavy atom. The summed E-state index contributed by atoms with van der Waals surface area (Å²) in [4.78, 5) is 19.3. The van der Waals surface area contributed by atoms with Crippen LogP contribution in [-0.2, 0) is 4.79 Å². The highest BCUT2D eigenvalue weighted by atomic mass is 16.2. The lowest BCUT2D eigenvalue weighted by molar-refractivity contribution is -0.128. The van der Waals surface area contributed by atoms with E-state index in [9.17, 15) is 4.79 Å². The summed E-state index contributed by atoms with van der Waals surface area (Å²) < 4.78 is 0. The van der Waals surface area contributed by atoms with Crippen molar-refractivity contribution in [3.63, 3.8) is 0 Å². The molecule has 1 aliphatic heterocycles. The molecule has 28 heavy (non-hydrogen) atoms. The second kappa shape index (κ2) is 10.3. The Morgan fingerprint density at radius 2 is 1.86 bits per heavy atom. The molecule has 1 aliphatic rings. The zero-order chi connectivity index (χ0) is 20.6. The fraction of sp³-hybridized carbons (Fsp3) is 0.636. The molecule has 0 bridgehead atoms. The Balaban J connectivity index is 2.06. The fourth-order valence-corrected chi connectivity index (χ4v) is 3.32. The monoisotopic (exact) mass is 387 g/mol. The van der Waals surface area contributed by atoms with Gasteiger partial charge in [0.2, 0.25) is 5.91 Å². The number of carbonyl (C=O) groups is 1. The Kier molecular flexibility index (Phi) is 8.15. The van der Waals surface area contributed by atoms with Gasteiger partial charge in [-0.1, -0.05) is 12.1 Å². The highest BCUT2D eigenvalue weighted by Crippen LogP contribution is 2.24. The Labute approximate surface area is 170 Å². The predicted molar refractivity (Wildman–Crippen MR) is 118 cm³/mol. The summed E-state index contributed by atoms with van der Waals surface area (Å²) in [5, 5.41) is 9.66. The van der Waals surface area contributed by atoms with Gasteiger partial charge in [0.15, 0.2) is 5.96 Å². The molecule has 1 heterocycles. The van der Waals surface area contributed by atoms with Crippen LogP contribution in [0.1, 0.15) is 59.1 Å². The van der Waals surface area contributed by atoms with E-state index >= 15 is 0 Å². The van der Waals surface area contributed by atoms with Gasteiger partial charge in [0.05, 0.1) is 18.0 Å². The number of carbonyl (C=O) groups excluding carboxylic acids is 1. The fourth-order valence-electron chi connectivity index (χ4n) is 3.32. The topological polar surface area (TPSA) is 68.8 Å². The first-order chi connectivity index (χ1) is 13.4. The molecule has 1 saturated heterocycles. The third kappa shape index (κ3) is 6.14. The second-order valence-corrected chi connectivity index (χ2v) is 8.09. The Bertz CT molecular complexity index is 665. The van der Waals surface area contributed by atoms with Crippen molar-refractivity contribution in [2.75, 3.05) is 37.6 Å². The SMILES string of the molecule is CCNC(=O)C(C)(C)CN=C(NCC)NC(C)c1cccc(N2CCCC2)c1. The number of aliphatic imine (C=N–C) groups is 1. The first-order valence-corrected chi connectivity index (χ1v) is 10.6. The van der Waals surface area contributed by atoms with Gasteiger partial charge < -0.3 is 20.9 Å². The van der Waals surface area contributed by atoms with E-state index in [-0.39, 0.29) is 11.9 Å². The maximum atomic E-state index is 12.2. The quantitative estimate of drug-likeness (QED) is 0.474. The van der Waals surface area contributed by atoms with E-state index in [1.54, 1.807) is 0 Å². The minimum atomic E-state index is -0.544. The number of benzene rings is 1. The summed E-state index contributed by atoms with van der Waals surface area (Å²) in [6.45, 7) is 14.1. The van der Waals surface area contributed by atoms with Gasteiger partial charge in [-0.3, -0.25) is 9.79 Å². The number of nitrogens with one attached hydrogen (secondary N) is 3. The van der Waals surface area contributed by atoms with Crippen molar-refractivity contribution in [2.24, 2.45) is 10.4 Å². The average Bonchev–Trinajstić information content (AvgIpc) is 3.21. The molecule has 1 atom stereocenters. The molecule has 0 radical (unpaired) electrons. The summed E-state index contributed by atoms with van der Waals surface area (Å²) in [7, 11) is 0. The van der Waals surface area contributed by atoms with Crippen LogP contribution in [-0.4, -0.2) is 44.6 Å². The third-order valence-corrected chi connectivity index (χ3v) is 5.12. The first kappa shape index (κ1) is 22.1. The molecule has 0 spiro atoms. The van der Waals surface area contributed by atoms with Crippen molar-refractivity contribution in [2.45, 2.75) is 53.5 Å². The van der Waals surface area contributed by atoms with E-state index in [0.29, 0.717) is 13.1 Å². The van der Waals surface area contributed by atoms with E-state index in [1.807, 2.05) is 27.7 Å². The van der Waals surface area contributed by atoms with Gasteiger partial charge in [-0.05, 0) is 65.2 Å². The smallest absolute Gasteiger partial charge is 0.227 e. The number of amides is 1. The number of hydrogen-bond donors (Lipinski definition) is 3. The van der Waals surface area contributed by atoms with Crippen molar-refractivity contribution in [1.29, 1.82) is 0 Å². The van der Waals surface area contributed by atoms with Gasteiger partial charge in [-0.15, -0.1) is 0 Å². The molecular formula is C22H37N5O. The first-order valence-electron chi connectivity index (χ1n) is 10.6. The highest BCUT2D eigenvalue weighted by molar-refractivity contribution is 5.84. The summed E-state index contributed by atoms with van der Waals surface area (Å²) in [5.41, 5.74) is 1.98. The summed E-state index contributed by atoms with van der Waals surface area (Å²) in [6, 6.07) is 8.86. The van der Waals surface area contributed by atoms with Crippen LogP contribution in [0.4, 0.5) is 5.69 Å². The largest absolute Gasteiger partial charge is 0.372 e. The van der Waals surface area contributed by atoms with Crippen LogP contribution in [0.15, 0.2) is 29.3 Å². The minimum Gasteiger partial charge on any atom is -0.372 e. The third-order valence-electron chi connectivity index (χ3n) is 5.12. The van der Waals surface area contributed by atoms with E-state index in [1.165, 1.54) is 24.1 Å². The lowest BCUT2D eigenvalue weighted by Crippen LogP contribution is -2.42. The standard InChI is InChI=1S/C22H37N5O/c1-6-23-20(28)22(4,5)16-25-21(24-7-2)26-17(3)18-11-10-12-19(15-18)27-13-8-9-14-27/h10-12,15,17H,6-9,13-14,16H2,1-5H3,(H,23,28)(H2,24,25,26). The maximum Gasteiger partial charge on any atom is 0.227 e. The molecule has 0 saturated carbocycles. The number of anilines is 1. The van der Waals surface area contributed by atoms with Crippen LogP contribution in [0, 0.1) is 5.41 Å². The van der Waals surface area contributed by atoms with Crippen LogP contribution < -0.4 is 20.9 Å². The number of nitrogens with zero attached hydrogens (tertiary/aromatic N) is 2. The normalized spacial score (nSPS) is 16.0. The van der Waals surface area contributed by atoms with Crippen molar-refractivity contribution in [1.82, 2.24) is 16.0 Å². The molecular weight excluding hydrogens is 350 g/mol. The van der Waals surface area contributed by atoms with Crippen LogP contribution in [0.3, 0.4) is 0 Å². The lowest BCUT2D eigenvalue weighted by Gasteiger charge is -2.24. The molecule has 6 nitrogen and oxygen atoms in total. The van der Waals surface area contributed by atoms with Gasteiger partial charge in [0, 0.05) is 31.9 Å². The minimum absolute atomic E-state index is 0.0287. The Hall–Kier alpha value is -2.24. The molecule has 3 N–H and O–H groups in total. The van der Waals surface area contributed by atoms with Gasteiger partial charge >= 0.3 is 0 Å². The van der Waals surface area contributed by atoms with Crippen molar-refractivity contribution in [3.05, 3.63) is 29.8 Å². The number of guanidine groups is 1. The van der Waals surface area contributed by atoms with E-state index < -0.39 is 5.41 Å². The molecule has 6 heteroatoms. The zero-order valence-corrected chi connectivity index (χ0v) is 18.1. The van der Waals surface area contributed by atoms with Crippen LogP contribution in [0.25, 0.3) is 0 Å². The number of rotatable bonds is 8. The van der Waals surface area contributed by atoms with Gasteiger partial charge in [0.1, 0.15) is 0 Å². The van der Waals surface area contributed by atoms with Crippen molar-refractivity contribution >= 4 is 17.6 Å². The van der Waals surface area contributed by atoms with Crippen LogP contribution in [0.5, 0.6) is 0 Å². The summed E-state index contributed by atoms with van der Waals surface area (Å²) in [6.07, 6.45) is 2.55. The summed E-state index contributed by atoms with van der Waals surface area (Å²) >= 11 is 0.